The maximum atomic E-state index is 10.6. The molecule has 0 spiro atoms. The molecule has 0 aliphatic heterocycles. The second-order valence-electron chi connectivity index (χ2n) is 2.93. The molecule has 0 fully saturated rings. The Bertz CT molecular complexity index is 518. The average molecular weight is 256 g/mol. The minimum Gasteiger partial charge on any atom is -0.400 e. The molecule has 0 bridgehead atoms. The van der Waals surface area contributed by atoms with Crippen LogP contribution >= 0.6 is 15.9 Å². The van der Waals surface area contributed by atoms with Crippen LogP contribution in [0, 0.1) is 17.0 Å². The number of nitro groups is 1. The molecule has 0 atom stereocenters. The van der Waals surface area contributed by atoms with E-state index in [0.717, 1.165) is 9.86 Å². The molecule has 72 valence electrons. The first kappa shape index (κ1) is 9.21. The van der Waals surface area contributed by atoms with Gasteiger partial charge >= 0.3 is 5.88 Å². The number of benzene rings is 1. The van der Waals surface area contributed by atoms with E-state index in [2.05, 4.69) is 15.9 Å². The SMILES string of the molecule is Cc1c([N+](=O)[O-])oc2cc(Br)ccc12. The van der Waals surface area contributed by atoms with Crippen LogP contribution in [-0.2, 0) is 0 Å². The van der Waals surface area contributed by atoms with E-state index >= 15 is 0 Å². The topological polar surface area (TPSA) is 56.3 Å². The number of furan rings is 1. The van der Waals surface area contributed by atoms with Crippen molar-refractivity contribution in [2.75, 3.05) is 0 Å². The van der Waals surface area contributed by atoms with E-state index in [1.165, 1.54) is 0 Å². The monoisotopic (exact) mass is 255 g/mol. The molecule has 4 nitrogen and oxygen atoms in total. The van der Waals surface area contributed by atoms with E-state index in [9.17, 15) is 10.1 Å². The maximum absolute atomic E-state index is 10.6. The molecule has 1 aromatic carbocycles. The van der Waals surface area contributed by atoms with Gasteiger partial charge in [-0.25, -0.2) is 0 Å². The van der Waals surface area contributed by atoms with Gasteiger partial charge in [0.1, 0.15) is 10.5 Å². The van der Waals surface area contributed by atoms with Crippen molar-refractivity contribution >= 4 is 32.8 Å². The summed E-state index contributed by atoms with van der Waals surface area (Å²) in [5, 5.41) is 11.4. The van der Waals surface area contributed by atoms with Gasteiger partial charge < -0.3 is 4.42 Å². The average Bonchev–Trinajstić information content (AvgIpc) is 2.43. The van der Waals surface area contributed by atoms with Gasteiger partial charge in [-0.05, 0) is 25.1 Å². The lowest BCUT2D eigenvalue weighted by molar-refractivity contribution is -0.402. The standard InChI is InChI=1S/C9H6BrNO3/c1-5-7-3-2-6(10)4-8(7)14-9(5)11(12)13/h2-4H,1H3. The van der Waals surface area contributed by atoms with E-state index in [-0.39, 0.29) is 5.88 Å². The van der Waals surface area contributed by atoms with Gasteiger partial charge in [-0.3, -0.25) is 10.1 Å². The van der Waals surface area contributed by atoms with Crippen LogP contribution in [0.3, 0.4) is 0 Å². The molecule has 0 aliphatic rings. The van der Waals surface area contributed by atoms with Gasteiger partial charge in [0.25, 0.3) is 0 Å². The number of rotatable bonds is 1. The van der Waals surface area contributed by atoms with Crippen molar-refractivity contribution in [3.8, 4) is 0 Å². The highest BCUT2D eigenvalue weighted by atomic mass is 79.9. The third-order valence-electron chi connectivity index (χ3n) is 2.04. The van der Waals surface area contributed by atoms with Crippen molar-refractivity contribution in [3.63, 3.8) is 0 Å². The van der Waals surface area contributed by atoms with Gasteiger partial charge in [0, 0.05) is 9.86 Å². The fourth-order valence-corrected chi connectivity index (χ4v) is 1.70. The molecule has 0 saturated carbocycles. The first-order chi connectivity index (χ1) is 6.59. The summed E-state index contributed by atoms with van der Waals surface area (Å²) in [5.74, 6) is -0.182. The third kappa shape index (κ3) is 1.29. The quantitative estimate of drug-likeness (QED) is 0.580. The summed E-state index contributed by atoms with van der Waals surface area (Å²) in [6.45, 7) is 1.68. The Balaban J connectivity index is 2.79. The summed E-state index contributed by atoms with van der Waals surface area (Å²) in [6.07, 6.45) is 0. The number of halogens is 1. The summed E-state index contributed by atoms with van der Waals surface area (Å²) in [5.41, 5.74) is 1.10. The number of fused-ring (bicyclic) bond motifs is 1. The number of aryl methyl sites for hydroxylation is 1. The van der Waals surface area contributed by atoms with E-state index in [0.29, 0.717) is 11.1 Å². The van der Waals surface area contributed by atoms with Crippen LogP contribution < -0.4 is 0 Å². The number of hydrogen-bond acceptors (Lipinski definition) is 3. The van der Waals surface area contributed by atoms with Crippen molar-refractivity contribution in [1.29, 1.82) is 0 Å². The molecule has 0 unspecified atom stereocenters. The maximum Gasteiger partial charge on any atom is 0.437 e. The van der Waals surface area contributed by atoms with Gasteiger partial charge in [0.05, 0.1) is 5.56 Å². The Morgan fingerprint density at radius 3 is 2.86 bits per heavy atom. The Hall–Kier alpha value is -1.36. The highest BCUT2D eigenvalue weighted by Crippen LogP contribution is 2.32. The first-order valence-corrected chi connectivity index (χ1v) is 4.72. The molecule has 5 heteroatoms. The highest BCUT2D eigenvalue weighted by molar-refractivity contribution is 9.10. The van der Waals surface area contributed by atoms with E-state index in [1.807, 2.05) is 6.07 Å². The predicted octanol–water partition coefficient (Wildman–Crippen LogP) is 3.41. The molecular weight excluding hydrogens is 250 g/mol. The zero-order valence-corrected chi connectivity index (χ0v) is 8.87. The lowest BCUT2D eigenvalue weighted by Crippen LogP contribution is -1.86. The van der Waals surface area contributed by atoms with Crippen molar-refractivity contribution < 1.29 is 9.34 Å². The molecular formula is C9H6BrNO3. The Morgan fingerprint density at radius 2 is 2.21 bits per heavy atom. The van der Waals surface area contributed by atoms with Crippen LogP contribution in [0.5, 0.6) is 0 Å². The van der Waals surface area contributed by atoms with Gasteiger partial charge in [-0.15, -0.1) is 0 Å². The Labute approximate surface area is 87.8 Å². The minimum absolute atomic E-state index is 0.182. The predicted molar refractivity (Wildman–Crippen MR) is 55.3 cm³/mol. The van der Waals surface area contributed by atoms with E-state index < -0.39 is 4.92 Å². The molecule has 0 radical (unpaired) electrons. The smallest absolute Gasteiger partial charge is 0.400 e. The lowest BCUT2D eigenvalue weighted by atomic mass is 10.2. The number of nitrogens with zero attached hydrogens (tertiary/aromatic N) is 1. The lowest BCUT2D eigenvalue weighted by Gasteiger charge is -1.88. The van der Waals surface area contributed by atoms with Gasteiger partial charge in [0.15, 0.2) is 0 Å². The highest BCUT2D eigenvalue weighted by Gasteiger charge is 2.19. The van der Waals surface area contributed by atoms with Crippen LogP contribution in [0.25, 0.3) is 11.0 Å². The van der Waals surface area contributed by atoms with Crippen LogP contribution in [0.2, 0.25) is 0 Å². The van der Waals surface area contributed by atoms with Crippen LogP contribution in [0.15, 0.2) is 27.1 Å². The van der Waals surface area contributed by atoms with Crippen LogP contribution in [0.1, 0.15) is 5.56 Å². The normalized spacial score (nSPS) is 10.7. The second-order valence-corrected chi connectivity index (χ2v) is 3.85. The van der Waals surface area contributed by atoms with Gasteiger partial charge in [-0.2, -0.15) is 0 Å². The molecule has 1 aromatic heterocycles. The zero-order valence-electron chi connectivity index (χ0n) is 7.28. The molecule has 0 N–H and O–H groups in total. The molecule has 2 rings (SSSR count). The molecule has 14 heavy (non-hydrogen) atoms. The zero-order chi connectivity index (χ0) is 10.3. The molecule has 0 aliphatic carbocycles. The Morgan fingerprint density at radius 1 is 1.50 bits per heavy atom. The minimum atomic E-state index is -0.511. The van der Waals surface area contributed by atoms with Gasteiger partial charge in [0.2, 0.25) is 0 Å². The summed E-state index contributed by atoms with van der Waals surface area (Å²) in [4.78, 5) is 10.1. The van der Waals surface area contributed by atoms with E-state index in [1.54, 1.807) is 19.1 Å². The summed E-state index contributed by atoms with van der Waals surface area (Å²) in [7, 11) is 0. The molecule has 0 saturated heterocycles. The van der Waals surface area contributed by atoms with E-state index in [4.69, 9.17) is 4.42 Å². The fourth-order valence-electron chi connectivity index (χ4n) is 1.36. The largest absolute Gasteiger partial charge is 0.437 e. The Kier molecular flexibility index (Phi) is 2.03. The van der Waals surface area contributed by atoms with Crippen molar-refractivity contribution in [3.05, 3.63) is 38.3 Å². The molecule has 1 heterocycles. The van der Waals surface area contributed by atoms with Gasteiger partial charge in [-0.1, -0.05) is 15.9 Å². The second kappa shape index (κ2) is 3.09. The third-order valence-corrected chi connectivity index (χ3v) is 2.53. The summed E-state index contributed by atoms with van der Waals surface area (Å²) in [6, 6.07) is 5.34. The van der Waals surface area contributed by atoms with Crippen molar-refractivity contribution in [1.82, 2.24) is 0 Å². The molecule has 2 aromatic rings. The number of hydrogen-bond donors (Lipinski definition) is 0. The summed E-state index contributed by atoms with van der Waals surface area (Å²) < 4.78 is 5.95. The fraction of sp³-hybridized carbons (Fsp3) is 0.111. The van der Waals surface area contributed by atoms with Crippen molar-refractivity contribution in [2.24, 2.45) is 0 Å². The first-order valence-electron chi connectivity index (χ1n) is 3.92. The van der Waals surface area contributed by atoms with Crippen LogP contribution in [0.4, 0.5) is 5.88 Å². The van der Waals surface area contributed by atoms with Crippen LogP contribution in [-0.4, -0.2) is 4.92 Å². The summed E-state index contributed by atoms with van der Waals surface area (Å²) >= 11 is 3.27. The molecule has 0 amide bonds. The van der Waals surface area contributed by atoms with Crippen molar-refractivity contribution in [2.45, 2.75) is 6.92 Å².